The van der Waals surface area contributed by atoms with Crippen LogP contribution in [0.4, 0.5) is 0 Å². The van der Waals surface area contributed by atoms with Gasteiger partial charge in [0.2, 0.25) is 0 Å². The Balaban J connectivity index is 1.42. The zero-order valence-electron chi connectivity index (χ0n) is 16.2. The maximum atomic E-state index is 12.8. The number of aromatic hydroxyl groups is 1. The monoisotopic (exact) mass is 419 g/mol. The molecule has 0 fully saturated rings. The molecule has 0 atom stereocenters. The Kier molecular flexibility index (Phi) is 6.29. The summed E-state index contributed by atoms with van der Waals surface area (Å²) in [6.45, 7) is 0.533. The van der Waals surface area contributed by atoms with E-state index in [-0.39, 0.29) is 11.7 Å². The number of carbonyl (C=O) groups excluding carboxylic acids is 1. The molecule has 4 rings (SSSR count). The third-order valence-corrected chi connectivity index (χ3v) is 5.56. The minimum Gasteiger partial charge on any atom is -0.508 e. The van der Waals surface area contributed by atoms with Gasteiger partial charge >= 0.3 is 0 Å². The number of hydrogen-bond acceptors (Lipinski definition) is 6. The normalized spacial score (nSPS) is 10.9. The van der Waals surface area contributed by atoms with E-state index in [0.29, 0.717) is 28.8 Å². The van der Waals surface area contributed by atoms with Crippen molar-refractivity contribution in [2.45, 2.75) is 23.8 Å². The van der Waals surface area contributed by atoms with Gasteiger partial charge in [-0.2, -0.15) is 0 Å². The van der Waals surface area contributed by atoms with Crippen molar-refractivity contribution in [3.8, 4) is 5.75 Å². The van der Waals surface area contributed by atoms with Crippen molar-refractivity contribution in [2.75, 3.05) is 6.54 Å². The Bertz CT molecular complexity index is 1130. The number of aromatic nitrogens is 2. The van der Waals surface area contributed by atoms with Crippen LogP contribution in [0.3, 0.4) is 0 Å². The number of thioether (sulfide) groups is 1. The summed E-state index contributed by atoms with van der Waals surface area (Å²) in [4.78, 5) is 21.3. The van der Waals surface area contributed by atoms with Crippen LogP contribution in [0.25, 0.3) is 11.0 Å². The number of benzene rings is 2. The standard InChI is InChI=1S/C23H21N3O3S/c27-17-10-8-16(9-11-17)5-3-12-24-22(28)21-19(15-30-23-25-13-4-14-26-23)18-6-1-2-7-20(18)29-21/h1-2,4,6-11,13-14,27H,3,5,12,15H2,(H,24,28). The number of phenols is 1. The lowest BCUT2D eigenvalue weighted by Crippen LogP contribution is -2.25. The molecule has 0 aliphatic carbocycles. The van der Waals surface area contributed by atoms with Crippen LogP contribution in [0.1, 0.15) is 28.1 Å². The number of phenolic OH excluding ortho intramolecular Hbond substituents is 1. The molecule has 0 saturated heterocycles. The van der Waals surface area contributed by atoms with Crippen molar-refractivity contribution < 1.29 is 14.3 Å². The fraction of sp³-hybridized carbons (Fsp3) is 0.174. The minimum atomic E-state index is -0.221. The SMILES string of the molecule is O=C(NCCCc1ccc(O)cc1)c1oc2ccccc2c1CSc1ncccn1. The Hall–Kier alpha value is -3.32. The third-order valence-electron chi connectivity index (χ3n) is 4.66. The van der Waals surface area contributed by atoms with Crippen molar-refractivity contribution in [1.82, 2.24) is 15.3 Å². The largest absolute Gasteiger partial charge is 0.508 e. The molecule has 4 aromatic rings. The predicted octanol–water partition coefficient (Wildman–Crippen LogP) is 4.58. The molecule has 0 spiro atoms. The van der Waals surface area contributed by atoms with E-state index in [1.165, 1.54) is 11.8 Å². The van der Waals surface area contributed by atoms with E-state index in [4.69, 9.17) is 4.42 Å². The number of fused-ring (bicyclic) bond motifs is 1. The van der Waals surface area contributed by atoms with Gasteiger partial charge in [0.05, 0.1) is 0 Å². The van der Waals surface area contributed by atoms with Crippen LogP contribution in [0.2, 0.25) is 0 Å². The van der Waals surface area contributed by atoms with Crippen LogP contribution in [0, 0.1) is 0 Å². The first kappa shape index (κ1) is 20.0. The molecule has 2 aromatic carbocycles. The second kappa shape index (κ2) is 9.45. The van der Waals surface area contributed by atoms with Crippen molar-refractivity contribution in [2.24, 2.45) is 0 Å². The summed E-state index contributed by atoms with van der Waals surface area (Å²) < 4.78 is 5.88. The Morgan fingerprint density at radius 3 is 2.60 bits per heavy atom. The number of nitrogens with zero attached hydrogens (tertiary/aromatic N) is 2. The van der Waals surface area contributed by atoms with Gasteiger partial charge in [0.1, 0.15) is 11.3 Å². The zero-order chi connectivity index (χ0) is 20.8. The summed E-state index contributed by atoms with van der Waals surface area (Å²) in [6, 6.07) is 16.5. The van der Waals surface area contributed by atoms with E-state index in [2.05, 4.69) is 15.3 Å². The summed E-state index contributed by atoms with van der Waals surface area (Å²) in [5.41, 5.74) is 2.65. The number of furan rings is 1. The molecule has 0 saturated carbocycles. The Morgan fingerprint density at radius 1 is 1.03 bits per heavy atom. The van der Waals surface area contributed by atoms with Gasteiger partial charge in [-0.05, 0) is 42.7 Å². The summed E-state index contributed by atoms with van der Waals surface area (Å²) in [6.07, 6.45) is 5.00. The van der Waals surface area contributed by atoms with E-state index >= 15 is 0 Å². The highest BCUT2D eigenvalue weighted by atomic mass is 32.2. The minimum absolute atomic E-state index is 0.221. The molecule has 0 unspecified atom stereocenters. The summed E-state index contributed by atoms with van der Waals surface area (Å²) in [7, 11) is 0. The number of carbonyl (C=O) groups is 1. The molecule has 2 heterocycles. The zero-order valence-corrected chi connectivity index (χ0v) is 17.1. The molecule has 2 aromatic heterocycles. The lowest BCUT2D eigenvalue weighted by Gasteiger charge is -2.06. The van der Waals surface area contributed by atoms with Crippen LogP contribution in [0.5, 0.6) is 5.75 Å². The number of para-hydroxylation sites is 1. The van der Waals surface area contributed by atoms with Crippen molar-refractivity contribution in [3.63, 3.8) is 0 Å². The second-order valence-corrected chi connectivity index (χ2v) is 7.69. The van der Waals surface area contributed by atoms with Crippen molar-refractivity contribution >= 4 is 28.6 Å². The maximum Gasteiger partial charge on any atom is 0.287 e. The molecule has 0 bridgehead atoms. The molecule has 6 nitrogen and oxygen atoms in total. The van der Waals surface area contributed by atoms with Gasteiger partial charge in [-0.15, -0.1) is 0 Å². The maximum absolute atomic E-state index is 12.8. The number of nitrogens with one attached hydrogen (secondary N) is 1. The molecule has 2 N–H and O–H groups in total. The predicted molar refractivity (Wildman–Crippen MR) is 117 cm³/mol. The van der Waals surface area contributed by atoms with E-state index in [9.17, 15) is 9.90 Å². The van der Waals surface area contributed by atoms with Gasteiger partial charge < -0.3 is 14.8 Å². The summed E-state index contributed by atoms with van der Waals surface area (Å²) in [5.74, 6) is 0.908. The fourth-order valence-electron chi connectivity index (χ4n) is 3.16. The van der Waals surface area contributed by atoms with Gasteiger partial charge in [-0.3, -0.25) is 4.79 Å². The topological polar surface area (TPSA) is 88.2 Å². The molecule has 30 heavy (non-hydrogen) atoms. The quantitative estimate of drug-likeness (QED) is 0.247. The van der Waals surface area contributed by atoms with E-state index < -0.39 is 0 Å². The van der Waals surface area contributed by atoms with Crippen LogP contribution in [-0.2, 0) is 12.2 Å². The Morgan fingerprint density at radius 2 is 1.80 bits per heavy atom. The smallest absolute Gasteiger partial charge is 0.287 e. The molecule has 0 radical (unpaired) electrons. The lowest BCUT2D eigenvalue weighted by atomic mass is 10.1. The Labute approximate surface area is 178 Å². The van der Waals surface area contributed by atoms with Crippen molar-refractivity contribution in [3.05, 3.63) is 83.9 Å². The van der Waals surface area contributed by atoms with Crippen LogP contribution in [0.15, 0.2) is 76.6 Å². The second-order valence-electron chi connectivity index (χ2n) is 6.75. The average molecular weight is 420 g/mol. The summed E-state index contributed by atoms with van der Waals surface area (Å²) >= 11 is 1.47. The lowest BCUT2D eigenvalue weighted by molar-refractivity contribution is 0.0926. The fourth-order valence-corrected chi connectivity index (χ4v) is 3.99. The van der Waals surface area contributed by atoms with E-state index in [0.717, 1.165) is 29.4 Å². The van der Waals surface area contributed by atoms with Crippen LogP contribution < -0.4 is 5.32 Å². The number of hydrogen-bond donors (Lipinski definition) is 2. The number of rotatable bonds is 8. The van der Waals surface area contributed by atoms with Crippen LogP contribution >= 0.6 is 11.8 Å². The van der Waals surface area contributed by atoms with Crippen LogP contribution in [-0.4, -0.2) is 27.5 Å². The van der Waals surface area contributed by atoms with E-state index in [1.54, 1.807) is 30.6 Å². The third kappa shape index (κ3) is 4.80. The molecule has 1 amide bonds. The highest BCUT2D eigenvalue weighted by molar-refractivity contribution is 7.98. The molecule has 0 aliphatic rings. The highest BCUT2D eigenvalue weighted by Gasteiger charge is 2.20. The first-order valence-electron chi connectivity index (χ1n) is 9.67. The molecular weight excluding hydrogens is 398 g/mol. The molecular formula is C23H21N3O3S. The highest BCUT2D eigenvalue weighted by Crippen LogP contribution is 2.31. The summed E-state index contributed by atoms with van der Waals surface area (Å²) in [5, 5.41) is 13.9. The van der Waals surface area contributed by atoms with Gasteiger partial charge in [-0.1, -0.05) is 42.1 Å². The average Bonchev–Trinajstić information content (AvgIpc) is 3.16. The first-order valence-corrected chi connectivity index (χ1v) is 10.7. The first-order chi connectivity index (χ1) is 14.7. The van der Waals surface area contributed by atoms with Crippen molar-refractivity contribution in [1.29, 1.82) is 0 Å². The van der Waals surface area contributed by atoms with Gasteiger partial charge in [0.25, 0.3) is 5.91 Å². The van der Waals surface area contributed by atoms with Gasteiger partial charge in [0.15, 0.2) is 10.9 Å². The van der Waals surface area contributed by atoms with Gasteiger partial charge in [0, 0.05) is 35.6 Å². The molecule has 7 heteroatoms. The molecule has 0 aliphatic heterocycles. The molecule has 152 valence electrons. The van der Waals surface area contributed by atoms with E-state index in [1.807, 2.05) is 36.4 Å². The number of amides is 1. The number of aryl methyl sites for hydroxylation is 1. The van der Waals surface area contributed by atoms with Gasteiger partial charge in [-0.25, -0.2) is 9.97 Å².